The van der Waals surface area contributed by atoms with Gasteiger partial charge in [-0.3, -0.25) is 4.79 Å². The first-order valence-corrected chi connectivity index (χ1v) is 5.64. The van der Waals surface area contributed by atoms with Crippen molar-refractivity contribution in [3.8, 4) is 0 Å². The van der Waals surface area contributed by atoms with Gasteiger partial charge in [0.05, 0.1) is 5.02 Å². The molecule has 0 fully saturated rings. The number of amides is 1. The fraction of sp³-hybridized carbons (Fsp3) is 0.250. The Morgan fingerprint density at radius 1 is 1.41 bits per heavy atom. The molecular weight excluding hydrogens is 243 g/mol. The van der Waals surface area contributed by atoms with E-state index in [0.717, 1.165) is 0 Å². The van der Waals surface area contributed by atoms with Crippen molar-refractivity contribution in [3.63, 3.8) is 0 Å². The molecule has 0 aliphatic rings. The Morgan fingerprint density at radius 3 is 2.76 bits per heavy atom. The number of aromatic nitrogens is 1. The number of halogens is 2. The zero-order valence-electron chi connectivity index (χ0n) is 9.47. The van der Waals surface area contributed by atoms with E-state index in [9.17, 15) is 9.18 Å². The number of nitrogens with one attached hydrogen (secondary N) is 2. The van der Waals surface area contributed by atoms with Crippen molar-refractivity contribution >= 4 is 28.4 Å². The highest BCUT2D eigenvalue weighted by Gasteiger charge is 2.12. The number of fused-ring (bicyclic) bond motifs is 1. The molecule has 0 aliphatic carbocycles. The van der Waals surface area contributed by atoms with Gasteiger partial charge in [0, 0.05) is 16.9 Å². The lowest BCUT2D eigenvalue weighted by Gasteiger charge is -2.05. The van der Waals surface area contributed by atoms with Crippen molar-refractivity contribution in [1.29, 1.82) is 0 Å². The van der Waals surface area contributed by atoms with Crippen LogP contribution in [0.1, 0.15) is 24.3 Å². The van der Waals surface area contributed by atoms with Gasteiger partial charge in [-0.05, 0) is 32.0 Å². The summed E-state index contributed by atoms with van der Waals surface area (Å²) in [4.78, 5) is 14.6. The number of aromatic amines is 1. The van der Waals surface area contributed by atoms with E-state index in [1.807, 2.05) is 13.8 Å². The fourth-order valence-electron chi connectivity index (χ4n) is 1.59. The molecular formula is C12H12ClFN2O. The zero-order valence-corrected chi connectivity index (χ0v) is 10.2. The van der Waals surface area contributed by atoms with E-state index in [-0.39, 0.29) is 17.0 Å². The lowest BCUT2D eigenvalue weighted by atomic mass is 10.2. The summed E-state index contributed by atoms with van der Waals surface area (Å²) < 4.78 is 13.2. The van der Waals surface area contributed by atoms with Gasteiger partial charge in [0.1, 0.15) is 11.5 Å². The van der Waals surface area contributed by atoms with Crippen molar-refractivity contribution in [2.24, 2.45) is 0 Å². The second-order valence-electron chi connectivity index (χ2n) is 4.16. The second-order valence-corrected chi connectivity index (χ2v) is 4.57. The van der Waals surface area contributed by atoms with Crippen LogP contribution < -0.4 is 5.32 Å². The van der Waals surface area contributed by atoms with Crippen LogP contribution in [0.4, 0.5) is 4.39 Å². The minimum Gasteiger partial charge on any atom is -0.350 e. The quantitative estimate of drug-likeness (QED) is 0.850. The van der Waals surface area contributed by atoms with Gasteiger partial charge >= 0.3 is 0 Å². The molecule has 90 valence electrons. The minimum atomic E-state index is -0.503. The third-order valence-corrected chi connectivity index (χ3v) is 2.62. The standard InChI is InChI=1S/C12H12ClFN2O/c1-6(2)15-12(17)11-4-7-3-8(13)9(14)5-10(7)16-11/h3-6,16H,1-2H3,(H,15,17). The van der Waals surface area contributed by atoms with E-state index >= 15 is 0 Å². The van der Waals surface area contributed by atoms with E-state index in [2.05, 4.69) is 10.3 Å². The van der Waals surface area contributed by atoms with Crippen molar-refractivity contribution in [3.05, 3.63) is 34.7 Å². The Kier molecular flexibility index (Phi) is 3.07. The van der Waals surface area contributed by atoms with Gasteiger partial charge in [0.15, 0.2) is 0 Å². The van der Waals surface area contributed by atoms with E-state index < -0.39 is 5.82 Å². The summed E-state index contributed by atoms with van der Waals surface area (Å²) in [5, 5.41) is 3.51. The number of hydrogen-bond acceptors (Lipinski definition) is 1. The van der Waals surface area contributed by atoms with Gasteiger partial charge < -0.3 is 10.3 Å². The van der Waals surface area contributed by atoms with Crippen LogP contribution in [0.25, 0.3) is 10.9 Å². The molecule has 0 saturated heterocycles. The van der Waals surface area contributed by atoms with E-state index in [4.69, 9.17) is 11.6 Å². The fourth-order valence-corrected chi connectivity index (χ4v) is 1.76. The summed E-state index contributed by atoms with van der Waals surface area (Å²) in [6, 6.07) is 4.48. The van der Waals surface area contributed by atoms with Gasteiger partial charge in [0.2, 0.25) is 0 Å². The van der Waals surface area contributed by atoms with Crippen molar-refractivity contribution in [1.82, 2.24) is 10.3 Å². The molecule has 0 radical (unpaired) electrons. The molecule has 1 amide bonds. The van der Waals surface area contributed by atoms with Gasteiger partial charge in [-0.2, -0.15) is 0 Å². The first kappa shape index (κ1) is 11.9. The van der Waals surface area contributed by atoms with Crippen LogP contribution in [0.15, 0.2) is 18.2 Å². The first-order valence-electron chi connectivity index (χ1n) is 5.26. The van der Waals surface area contributed by atoms with Crippen LogP contribution in [0.3, 0.4) is 0 Å². The molecule has 0 aliphatic heterocycles. The summed E-state index contributed by atoms with van der Waals surface area (Å²) >= 11 is 5.67. The van der Waals surface area contributed by atoms with Crippen molar-refractivity contribution < 1.29 is 9.18 Å². The summed E-state index contributed by atoms with van der Waals surface area (Å²) in [7, 11) is 0. The summed E-state index contributed by atoms with van der Waals surface area (Å²) in [5.74, 6) is -0.718. The lowest BCUT2D eigenvalue weighted by Crippen LogP contribution is -2.30. The van der Waals surface area contributed by atoms with Gasteiger partial charge in [-0.1, -0.05) is 11.6 Å². The number of hydrogen-bond donors (Lipinski definition) is 2. The smallest absolute Gasteiger partial charge is 0.267 e. The average Bonchev–Trinajstić information content (AvgIpc) is 2.60. The van der Waals surface area contributed by atoms with Crippen LogP contribution >= 0.6 is 11.6 Å². The molecule has 1 aromatic carbocycles. The van der Waals surface area contributed by atoms with Gasteiger partial charge in [0.25, 0.3) is 5.91 Å². The summed E-state index contributed by atoms with van der Waals surface area (Å²) in [5.41, 5.74) is 0.955. The Balaban J connectivity index is 2.41. The van der Waals surface area contributed by atoms with Crippen LogP contribution in [0, 0.1) is 5.82 Å². The Labute approximate surface area is 103 Å². The number of benzene rings is 1. The maximum Gasteiger partial charge on any atom is 0.267 e. The molecule has 2 N–H and O–H groups in total. The van der Waals surface area contributed by atoms with Crippen LogP contribution in [0.2, 0.25) is 5.02 Å². The molecule has 0 bridgehead atoms. The van der Waals surface area contributed by atoms with Crippen LogP contribution in [-0.4, -0.2) is 16.9 Å². The monoisotopic (exact) mass is 254 g/mol. The molecule has 0 unspecified atom stereocenters. The lowest BCUT2D eigenvalue weighted by molar-refractivity contribution is 0.0939. The molecule has 3 nitrogen and oxygen atoms in total. The highest BCUT2D eigenvalue weighted by atomic mass is 35.5. The van der Waals surface area contributed by atoms with Crippen LogP contribution in [-0.2, 0) is 0 Å². The molecule has 1 aromatic heterocycles. The predicted octanol–water partition coefficient (Wildman–Crippen LogP) is 3.10. The van der Waals surface area contributed by atoms with Gasteiger partial charge in [-0.15, -0.1) is 0 Å². The maximum absolute atomic E-state index is 13.2. The number of carbonyl (C=O) groups is 1. The Hall–Kier alpha value is -1.55. The molecule has 0 spiro atoms. The number of rotatable bonds is 2. The minimum absolute atomic E-state index is 0.0484. The molecule has 17 heavy (non-hydrogen) atoms. The molecule has 2 rings (SSSR count). The molecule has 2 aromatic rings. The van der Waals surface area contributed by atoms with E-state index in [1.165, 1.54) is 12.1 Å². The number of H-pyrrole nitrogens is 1. The normalized spacial score (nSPS) is 11.1. The summed E-state index contributed by atoms with van der Waals surface area (Å²) in [6.45, 7) is 3.74. The van der Waals surface area contributed by atoms with Crippen molar-refractivity contribution in [2.75, 3.05) is 0 Å². The van der Waals surface area contributed by atoms with E-state index in [1.54, 1.807) is 6.07 Å². The molecule has 0 saturated carbocycles. The second kappa shape index (κ2) is 4.37. The van der Waals surface area contributed by atoms with E-state index in [0.29, 0.717) is 16.6 Å². The largest absolute Gasteiger partial charge is 0.350 e. The Bertz CT molecular complexity index is 538. The molecule has 1 heterocycles. The van der Waals surface area contributed by atoms with Gasteiger partial charge in [-0.25, -0.2) is 4.39 Å². The third-order valence-electron chi connectivity index (χ3n) is 2.33. The molecule has 0 atom stereocenters. The highest BCUT2D eigenvalue weighted by Crippen LogP contribution is 2.23. The average molecular weight is 255 g/mol. The summed E-state index contributed by atoms with van der Waals surface area (Å²) in [6.07, 6.45) is 0. The number of carbonyl (C=O) groups excluding carboxylic acids is 1. The topological polar surface area (TPSA) is 44.9 Å². The van der Waals surface area contributed by atoms with Crippen LogP contribution in [0.5, 0.6) is 0 Å². The molecule has 5 heteroatoms. The zero-order chi connectivity index (χ0) is 12.6. The highest BCUT2D eigenvalue weighted by molar-refractivity contribution is 6.31. The Morgan fingerprint density at radius 2 is 2.12 bits per heavy atom. The maximum atomic E-state index is 13.2. The van der Waals surface area contributed by atoms with Crippen molar-refractivity contribution in [2.45, 2.75) is 19.9 Å². The first-order chi connectivity index (χ1) is 7.97. The SMILES string of the molecule is CC(C)NC(=O)c1cc2cc(Cl)c(F)cc2[nH]1. The predicted molar refractivity (Wildman–Crippen MR) is 65.9 cm³/mol. The third kappa shape index (κ3) is 2.42.